The molecule has 1 saturated carbocycles. The van der Waals surface area contributed by atoms with Crippen molar-refractivity contribution in [3.05, 3.63) is 35.9 Å². The molecule has 2 fully saturated rings. The molecular formula is C19H31ClN2. The highest BCUT2D eigenvalue weighted by molar-refractivity contribution is 5.85. The molecule has 2 aliphatic rings. The largest absolute Gasteiger partial charge is 0.317 e. The zero-order valence-electron chi connectivity index (χ0n) is 13.7. The van der Waals surface area contributed by atoms with Gasteiger partial charge in [-0.3, -0.25) is 4.90 Å². The summed E-state index contributed by atoms with van der Waals surface area (Å²) >= 11 is 0. The summed E-state index contributed by atoms with van der Waals surface area (Å²) in [5, 5.41) is 3.50. The van der Waals surface area contributed by atoms with Crippen LogP contribution in [0.4, 0.5) is 0 Å². The van der Waals surface area contributed by atoms with E-state index in [0.717, 1.165) is 12.0 Å². The van der Waals surface area contributed by atoms with E-state index in [2.05, 4.69) is 40.5 Å². The zero-order valence-corrected chi connectivity index (χ0v) is 14.5. The van der Waals surface area contributed by atoms with Crippen molar-refractivity contribution in [2.24, 2.45) is 5.92 Å². The minimum absolute atomic E-state index is 0. The van der Waals surface area contributed by atoms with Gasteiger partial charge in [0, 0.05) is 19.1 Å². The maximum atomic E-state index is 3.50. The monoisotopic (exact) mass is 322 g/mol. The Hall–Kier alpha value is -0.570. The first kappa shape index (κ1) is 17.8. The first-order chi connectivity index (χ1) is 10.4. The summed E-state index contributed by atoms with van der Waals surface area (Å²) in [4.78, 5) is 2.83. The van der Waals surface area contributed by atoms with E-state index in [0.29, 0.717) is 0 Å². The van der Waals surface area contributed by atoms with Gasteiger partial charge in [0.25, 0.3) is 0 Å². The Morgan fingerprint density at radius 1 is 0.955 bits per heavy atom. The molecule has 1 aliphatic heterocycles. The Morgan fingerprint density at radius 3 is 2.32 bits per heavy atom. The average molecular weight is 323 g/mol. The van der Waals surface area contributed by atoms with Crippen molar-refractivity contribution in [2.45, 2.75) is 51.0 Å². The van der Waals surface area contributed by atoms with E-state index in [1.807, 2.05) is 0 Å². The van der Waals surface area contributed by atoms with E-state index in [9.17, 15) is 0 Å². The van der Waals surface area contributed by atoms with Crippen molar-refractivity contribution in [3.8, 4) is 0 Å². The predicted molar refractivity (Wildman–Crippen MR) is 96.8 cm³/mol. The number of halogens is 1. The fourth-order valence-electron chi connectivity index (χ4n) is 4.01. The van der Waals surface area contributed by atoms with Crippen LogP contribution in [0, 0.1) is 5.92 Å². The Labute approximate surface area is 142 Å². The fourth-order valence-corrected chi connectivity index (χ4v) is 4.01. The predicted octanol–water partition coefficient (Wildman–Crippen LogP) is 3.90. The second-order valence-electron chi connectivity index (χ2n) is 6.86. The third-order valence-corrected chi connectivity index (χ3v) is 5.32. The molecular weight excluding hydrogens is 292 g/mol. The van der Waals surface area contributed by atoms with Gasteiger partial charge in [0.1, 0.15) is 0 Å². The maximum Gasteiger partial charge on any atom is 0.00955 e. The average Bonchev–Trinajstić information content (AvgIpc) is 3.08. The van der Waals surface area contributed by atoms with Gasteiger partial charge in [-0.2, -0.15) is 0 Å². The Morgan fingerprint density at radius 2 is 1.64 bits per heavy atom. The summed E-state index contributed by atoms with van der Waals surface area (Å²) in [6.45, 7) is 5.03. The standard InChI is InChI=1S/C19H30N2.ClH/c1-2-6-17(7-3-1)12-15-21(19-8-4-5-9-19)16-18-10-13-20-14-11-18;/h1-3,6-7,18-20H,4-5,8-16H2;1H. The Balaban J connectivity index is 0.00000176. The van der Waals surface area contributed by atoms with Gasteiger partial charge in [-0.1, -0.05) is 43.2 Å². The van der Waals surface area contributed by atoms with Crippen LogP contribution < -0.4 is 5.32 Å². The number of benzene rings is 1. The molecule has 1 aliphatic carbocycles. The van der Waals surface area contributed by atoms with E-state index in [-0.39, 0.29) is 12.4 Å². The number of nitrogens with one attached hydrogen (secondary N) is 1. The van der Waals surface area contributed by atoms with Crippen LogP contribution in [0.15, 0.2) is 30.3 Å². The summed E-state index contributed by atoms with van der Waals surface area (Å²) in [7, 11) is 0. The lowest BCUT2D eigenvalue weighted by Gasteiger charge is -2.34. The van der Waals surface area contributed by atoms with E-state index in [1.165, 1.54) is 76.7 Å². The molecule has 2 nitrogen and oxygen atoms in total. The van der Waals surface area contributed by atoms with E-state index in [4.69, 9.17) is 0 Å². The van der Waals surface area contributed by atoms with Gasteiger partial charge in [0.2, 0.25) is 0 Å². The molecule has 1 aromatic rings. The van der Waals surface area contributed by atoms with Gasteiger partial charge in [-0.25, -0.2) is 0 Å². The molecule has 3 heteroatoms. The SMILES string of the molecule is Cl.c1ccc(CCN(CC2CCNCC2)C2CCCC2)cc1. The summed E-state index contributed by atoms with van der Waals surface area (Å²) in [5.41, 5.74) is 1.49. The van der Waals surface area contributed by atoms with Crippen LogP contribution in [0.25, 0.3) is 0 Å². The lowest BCUT2D eigenvalue weighted by molar-refractivity contribution is 0.154. The van der Waals surface area contributed by atoms with Crippen LogP contribution >= 0.6 is 12.4 Å². The third-order valence-electron chi connectivity index (χ3n) is 5.32. The summed E-state index contributed by atoms with van der Waals surface area (Å²) < 4.78 is 0. The highest BCUT2D eigenvalue weighted by Gasteiger charge is 2.25. The van der Waals surface area contributed by atoms with Gasteiger partial charge in [-0.05, 0) is 56.7 Å². The van der Waals surface area contributed by atoms with Gasteiger partial charge in [0.05, 0.1) is 0 Å². The van der Waals surface area contributed by atoms with Crippen LogP contribution in [-0.2, 0) is 6.42 Å². The molecule has 0 spiro atoms. The number of piperidine rings is 1. The summed E-state index contributed by atoms with van der Waals surface area (Å²) in [5.74, 6) is 0.919. The lowest BCUT2D eigenvalue weighted by Crippen LogP contribution is -2.41. The molecule has 0 unspecified atom stereocenters. The van der Waals surface area contributed by atoms with Gasteiger partial charge < -0.3 is 5.32 Å². The third kappa shape index (κ3) is 5.26. The van der Waals surface area contributed by atoms with Crippen molar-refractivity contribution in [1.82, 2.24) is 10.2 Å². The van der Waals surface area contributed by atoms with Crippen molar-refractivity contribution in [2.75, 3.05) is 26.2 Å². The molecule has 3 rings (SSSR count). The molecule has 1 aromatic carbocycles. The van der Waals surface area contributed by atoms with E-state index < -0.39 is 0 Å². The first-order valence-electron chi connectivity index (χ1n) is 8.90. The van der Waals surface area contributed by atoms with Crippen molar-refractivity contribution in [3.63, 3.8) is 0 Å². The molecule has 0 radical (unpaired) electrons. The Kier molecular flexibility index (Phi) is 7.71. The normalized spacial score (nSPS) is 20.2. The summed E-state index contributed by atoms with van der Waals surface area (Å²) in [6.07, 6.45) is 9.70. The fraction of sp³-hybridized carbons (Fsp3) is 0.684. The second kappa shape index (κ2) is 9.54. The molecule has 1 saturated heterocycles. The van der Waals surface area contributed by atoms with Crippen LogP contribution in [0.2, 0.25) is 0 Å². The number of nitrogens with zero attached hydrogens (tertiary/aromatic N) is 1. The summed E-state index contributed by atoms with van der Waals surface area (Å²) in [6, 6.07) is 11.9. The van der Waals surface area contributed by atoms with Crippen molar-refractivity contribution < 1.29 is 0 Å². The number of rotatable bonds is 6. The smallest absolute Gasteiger partial charge is 0.00955 e. The number of hydrogen-bond acceptors (Lipinski definition) is 2. The topological polar surface area (TPSA) is 15.3 Å². The molecule has 0 aromatic heterocycles. The molecule has 0 amide bonds. The highest BCUT2D eigenvalue weighted by atomic mass is 35.5. The van der Waals surface area contributed by atoms with Crippen LogP contribution in [0.1, 0.15) is 44.1 Å². The minimum Gasteiger partial charge on any atom is -0.317 e. The van der Waals surface area contributed by atoms with Crippen LogP contribution in [0.3, 0.4) is 0 Å². The molecule has 0 atom stereocenters. The quantitative estimate of drug-likeness (QED) is 0.854. The molecule has 22 heavy (non-hydrogen) atoms. The molecule has 1 N–H and O–H groups in total. The van der Waals surface area contributed by atoms with Gasteiger partial charge in [0.15, 0.2) is 0 Å². The minimum atomic E-state index is 0. The first-order valence-corrected chi connectivity index (χ1v) is 8.90. The van der Waals surface area contributed by atoms with Crippen LogP contribution in [-0.4, -0.2) is 37.1 Å². The molecule has 0 bridgehead atoms. The van der Waals surface area contributed by atoms with Gasteiger partial charge in [-0.15, -0.1) is 12.4 Å². The highest BCUT2D eigenvalue weighted by Crippen LogP contribution is 2.26. The van der Waals surface area contributed by atoms with E-state index in [1.54, 1.807) is 0 Å². The maximum absolute atomic E-state index is 3.50. The number of hydrogen-bond donors (Lipinski definition) is 1. The van der Waals surface area contributed by atoms with E-state index >= 15 is 0 Å². The van der Waals surface area contributed by atoms with Gasteiger partial charge >= 0.3 is 0 Å². The van der Waals surface area contributed by atoms with Crippen molar-refractivity contribution in [1.29, 1.82) is 0 Å². The lowest BCUT2D eigenvalue weighted by atomic mass is 9.96. The van der Waals surface area contributed by atoms with Crippen LogP contribution in [0.5, 0.6) is 0 Å². The zero-order chi connectivity index (χ0) is 14.3. The van der Waals surface area contributed by atoms with Crippen molar-refractivity contribution >= 4 is 12.4 Å². The molecule has 124 valence electrons. The Bertz CT molecular complexity index is 397. The molecule has 1 heterocycles. The second-order valence-corrected chi connectivity index (χ2v) is 6.86.